The van der Waals surface area contributed by atoms with Crippen molar-refractivity contribution in [2.24, 2.45) is 5.73 Å². The van der Waals surface area contributed by atoms with Gasteiger partial charge in [0.1, 0.15) is 0 Å². The molecule has 1 amide bonds. The molecule has 0 spiro atoms. The molecule has 0 radical (unpaired) electrons. The summed E-state index contributed by atoms with van der Waals surface area (Å²) >= 11 is 0. The maximum atomic E-state index is 11.9. The van der Waals surface area contributed by atoms with Crippen molar-refractivity contribution in [3.63, 3.8) is 0 Å². The summed E-state index contributed by atoms with van der Waals surface area (Å²) in [5, 5.41) is 3.04. The minimum Gasteiger partial charge on any atom is -0.382 e. The Kier molecular flexibility index (Phi) is 4.93. The van der Waals surface area contributed by atoms with Gasteiger partial charge in [-0.3, -0.25) is 4.79 Å². The van der Waals surface area contributed by atoms with E-state index in [1.54, 1.807) is 0 Å². The maximum Gasteiger partial charge on any atom is 0.220 e. The van der Waals surface area contributed by atoms with Gasteiger partial charge in [-0.25, -0.2) is 0 Å². The van der Waals surface area contributed by atoms with E-state index >= 15 is 0 Å². The second-order valence-electron chi connectivity index (χ2n) is 4.91. The standard InChI is InChI=1S/C15H22N2O2/c1-2-19-9-5-8-14(18)17-15-12-7-4-3-6-11(12)10-13(15)16/h3-4,6-7,13,15H,2,5,8-10,16H2,1H3,(H,17,18). The summed E-state index contributed by atoms with van der Waals surface area (Å²) in [4.78, 5) is 11.9. The zero-order valence-corrected chi connectivity index (χ0v) is 11.4. The highest BCUT2D eigenvalue weighted by Gasteiger charge is 2.30. The van der Waals surface area contributed by atoms with E-state index in [2.05, 4.69) is 11.4 Å². The van der Waals surface area contributed by atoms with Gasteiger partial charge in [-0.05, 0) is 30.9 Å². The van der Waals surface area contributed by atoms with Crippen LogP contribution in [0.3, 0.4) is 0 Å². The summed E-state index contributed by atoms with van der Waals surface area (Å²) in [5.41, 5.74) is 8.52. The Bertz CT molecular complexity index is 434. The lowest BCUT2D eigenvalue weighted by Crippen LogP contribution is -2.38. The highest BCUT2D eigenvalue weighted by Crippen LogP contribution is 2.30. The number of carbonyl (C=O) groups excluding carboxylic acids is 1. The van der Waals surface area contributed by atoms with Gasteiger partial charge < -0.3 is 15.8 Å². The van der Waals surface area contributed by atoms with E-state index in [9.17, 15) is 4.79 Å². The van der Waals surface area contributed by atoms with Crippen LogP contribution in [0.4, 0.5) is 0 Å². The van der Waals surface area contributed by atoms with Crippen molar-refractivity contribution in [1.29, 1.82) is 0 Å². The molecule has 0 saturated carbocycles. The lowest BCUT2D eigenvalue weighted by molar-refractivity contribution is -0.122. The molecule has 0 fully saturated rings. The summed E-state index contributed by atoms with van der Waals surface area (Å²) in [6.07, 6.45) is 2.08. The molecule has 1 aliphatic carbocycles. The highest BCUT2D eigenvalue weighted by molar-refractivity contribution is 5.76. The van der Waals surface area contributed by atoms with Crippen molar-refractivity contribution in [3.8, 4) is 0 Å². The van der Waals surface area contributed by atoms with Crippen LogP contribution in [0.15, 0.2) is 24.3 Å². The van der Waals surface area contributed by atoms with E-state index in [0.717, 1.165) is 18.4 Å². The van der Waals surface area contributed by atoms with Crippen LogP contribution in [0.2, 0.25) is 0 Å². The molecule has 4 heteroatoms. The second-order valence-corrected chi connectivity index (χ2v) is 4.91. The molecule has 0 bridgehead atoms. The first-order valence-electron chi connectivity index (χ1n) is 6.93. The van der Waals surface area contributed by atoms with E-state index in [4.69, 9.17) is 10.5 Å². The average Bonchev–Trinajstić information content (AvgIpc) is 2.72. The zero-order chi connectivity index (χ0) is 13.7. The largest absolute Gasteiger partial charge is 0.382 e. The maximum absolute atomic E-state index is 11.9. The Balaban J connectivity index is 1.87. The van der Waals surface area contributed by atoms with Gasteiger partial charge >= 0.3 is 0 Å². The normalized spacial score (nSPS) is 21.2. The molecule has 4 nitrogen and oxygen atoms in total. The second kappa shape index (κ2) is 6.68. The molecule has 2 rings (SSSR count). The quantitative estimate of drug-likeness (QED) is 0.764. The molecule has 0 aromatic heterocycles. The van der Waals surface area contributed by atoms with Gasteiger partial charge in [-0.1, -0.05) is 24.3 Å². The number of hydrogen-bond donors (Lipinski definition) is 2. The number of rotatable bonds is 6. The van der Waals surface area contributed by atoms with E-state index in [0.29, 0.717) is 19.6 Å². The van der Waals surface area contributed by atoms with E-state index in [1.807, 2.05) is 25.1 Å². The van der Waals surface area contributed by atoms with Crippen LogP contribution in [-0.4, -0.2) is 25.2 Å². The lowest BCUT2D eigenvalue weighted by Gasteiger charge is -2.18. The number of carbonyl (C=O) groups is 1. The topological polar surface area (TPSA) is 64.3 Å². The number of hydrogen-bond acceptors (Lipinski definition) is 3. The van der Waals surface area contributed by atoms with Gasteiger partial charge in [-0.2, -0.15) is 0 Å². The minimum atomic E-state index is -0.0456. The Morgan fingerprint density at radius 1 is 1.47 bits per heavy atom. The monoisotopic (exact) mass is 262 g/mol. The molecule has 1 aromatic rings. The Labute approximate surface area is 114 Å². The summed E-state index contributed by atoms with van der Waals surface area (Å²) in [7, 11) is 0. The van der Waals surface area contributed by atoms with Crippen molar-refractivity contribution >= 4 is 5.91 Å². The molecule has 0 saturated heterocycles. The number of fused-ring (bicyclic) bond motifs is 1. The summed E-state index contributed by atoms with van der Waals surface area (Å²) in [6, 6.07) is 8.07. The van der Waals surface area contributed by atoms with Gasteiger partial charge in [0.05, 0.1) is 6.04 Å². The molecule has 1 aliphatic rings. The summed E-state index contributed by atoms with van der Waals surface area (Å²) < 4.78 is 5.23. The van der Waals surface area contributed by atoms with Crippen LogP contribution in [0.25, 0.3) is 0 Å². The number of benzene rings is 1. The van der Waals surface area contributed by atoms with Crippen molar-refractivity contribution in [2.45, 2.75) is 38.3 Å². The Hall–Kier alpha value is -1.39. The van der Waals surface area contributed by atoms with Gasteiger partial charge in [0.15, 0.2) is 0 Å². The summed E-state index contributed by atoms with van der Waals surface area (Å²) in [6.45, 7) is 3.29. The summed E-state index contributed by atoms with van der Waals surface area (Å²) in [5.74, 6) is 0.0526. The Morgan fingerprint density at radius 2 is 2.26 bits per heavy atom. The minimum absolute atomic E-state index is 0.0201. The molecule has 104 valence electrons. The van der Waals surface area contributed by atoms with Crippen LogP contribution in [0.5, 0.6) is 0 Å². The van der Waals surface area contributed by atoms with Crippen molar-refractivity contribution in [2.75, 3.05) is 13.2 Å². The van der Waals surface area contributed by atoms with Crippen molar-refractivity contribution in [3.05, 3.63) is 35.4 Å². The molecule has 2 unspecified atom stereocenters. The number of nitrogens with two attached hydrogens (primary N) is 1. The molecule has 0 aliphatic heterocycles. The fourth-order valence-electron chi connectivity index (χ4n) is 2.54. The van der Waals surface area contributed by atoms with Crippen LogP contribution >= 0.6 is 0 Å². The highest BCUT2D eigenvalue weighted by atomic mass is 16.5. The first-order chi connectivity index (χ1) is 9.22. The van der Waals surface area contributed by atoms with Crippen LogP contribution in [-0.2, 0) is 16.0 Å². The SMILES string of the molecule is CCOCCCC(=O)NC1c2ccccc2CC1N. The van der Waals surface area contributed by atoms with E-state index in [-0.39, 0.29) is 18.0 Å². The van der Waals surface area contributed by atoms with E-state index in [1.165, 1.54) is 5.56 Å². The first kappa shape index (κ1) is 14.0. The molecule has 0 heterocycles. The molecule has 2 atom stereocenters. The predicted octanol–water partition coefficient (Wildman–Crippen LogP) is 1.54. The molecule has 3 N–H and O–H groups in total. The number of nitrogens with one attached hydrogen (secondary N) is 1. The fourth-order valence-corrected chi connectivity index (χ4v) is 2.54. The molecule has 1 aromatic carbocycles. The van der Waals surface area contributed by atoms with Crippen LogP contribution in [0, 0.1) is 0 Å². The molecular formula is C15H22N2O2. The first-order valence-corrected chi connectivity index (χ1v) is 6.93. The smallest absolute Gasteiger partial charge is 0.220 e. The number of amides is 1. The zero-order valence-electron chi connectivity index (χ0n) is 11.4. The third kappa shape index (κ3) is 3.55. The fraction of sp³-hybridized carbons (Fsp3) is 0.533. The van der Waals surface area contributed by atoms with Gasteiger partial charge in [-0.15, -0.1) is 0 Å². The van der Waals surface area contributed by atoms with Crippen LogP contribution < -0.4 is 11.1 Å². The third-order valence-electron chi connectivity index (χ3n) is 3.49. The average molecular weight is 262 g/mol. The Morgan fingerprint density at radius 3 is 3.05 bits per heavy atom. The van der Waals surface area contributed by atoms with Crippen molar-refractivity contribution < 1.29 is 9.53 Å². The van der Waals surface area contributed by atoms with Crippen LogP contribution in [0.1, 0.15) is 36.9 Å². The number of ether oxygens (including phenoxy) is 1. The lowest BCUT2D eigenvalue weighted by atomic mass is 10.1. The third-order valence-corrected chi connectivity index (χ3v) is 3.49. The van der Waals surface area contributed by atoms with Gasteiger partial charge in [0, 0.05) is 25.7 Å². The van der Waals surface area contributed by atoms with Gasteiger partial charge in [0.2, 0.25) is 5.91 Å². The van der Waals surface area contributed by atoms with E-state index < -0.39 is 0 Å². The molecular weight excluding hydrogens is 240 g/mol. The van der Waals surface area contributed by atoms with Gasteiger partial charge in [0.25, 0.3) is 0 Å². The molecule has 19 heavy (non-hydrogen) atoms. The predicted molar refractivity (Wildman–Crippen MR) is 74.7 cm³/mol. The van der Waals surface area contributed by atoms with Crippen molar-refractivity contribution in [1.82, 2.24) is 5.32 Å².